The third-order valence-corrected chi connectivity index (χ3v) is 6.23. The highest BCUT2D eigenvalue weighted by Gasteiger charge is 2.12. The molecule has 3 aromatic heterocycles. The normalized spacial score (nSPS) is 10.9. The number of benzene rings is 2. The minimum atomic E-state index is -0.140. The predicted octanol–water partition coefficient (Wildman–Crippen LogP) is 5.40. The zero-order valence-corrected chi connectivity index (χ0v) is 19.9. The molecule has 1 amide bonds. The van der Waals surface area contributed by atoms with Crippen LogP contribution in [-0.2, 0) is 4.79 Å². The van der Waals surface area contributed by atoms with Crippen molar-refractivity contribution in [2.24, 2.45) is 0 Å². The smallest absolute Gasteiger partial charge is 0.257 e. The molecule has 9 heteroatoms. The van der Waals surface area contributed by atoms with Crippen LogP contribution >= 0.6 is 11.3 Å². The molecule has 2 aromatic carbocycles. The van der Waals surface area contributed by atoms with Crippen LogP contribution in [-0.4, -0.2) is 39.2 Å². The van der Waals surface area contributed by atoms with E-state index in [1.165, 1.54) is 0 Å². The average Bonchev–Trinajstić information content (AvgIpc) is 3.59. The molecule has 0 saturated heterocycles. The number of rotatable bonds is 9. The molecule has 0 spiro atoms. The largest absolute Gasteiger partial charge is 0.484 e. The number of fused-ring (bicyclic) bond motifs is 1. The molecule has 0 aliphatic carbocycles. The Morgan fingerprint density at radius 2 is 1.94 bits per heavy atom. The quantitative estimate of drug-likeness (QED) is 0.259. The van der Waals surface area contributed by atoms with Gasteiger partial charge in [-0.25, -0.2) is 9.97 Å². The number of ether oxygens (including phenoxy) is 1. The van der Waals surface area contributed by atoms with Gasteiger partial charge in [-0.1, -0.05) is 31.2 Å². The van der Waals surface area contributed by atoms with Gasteiger partial charge in [-0.15, -0.1) is 11.3 Å². The molecule has 5 aromatic rings. The van der Waals surface area contributed by atoms with E-state index in [-0.39, 0.29) is 12.5 Å². The molecule has 0 aliphatic heterocycles. The van der Waals surface area contributed by atoms with Gasteiger partial charge < -0.3 is 15.4 Å². The Morgan fingerprint density at radius 3 is 2.74 bits per heavy atom. The molecule has 0 atom stereocenters. The van der Waals surface area contributed by atoms with Crippen LogP contribution in [0.2, 0.25) is 0 Å². The summed E-state index contributed by atoms with van der Waals surface area (Å²) in [6, 6.07) is 17.6. The Labute approximate surface area is 206 Å². The monoisotopic (exact) mass is 484 g/mol. The lowest BCUT2D eigenvalue weighted by Crippen LogP contribution is -2.29. The predicted molar refractivity (Wildman–Crippen MR) is 139 cm³/mol. The minimum absolute atomic E-state index is 0.0322. The number of nitrogens with one attached hydrogen (secondary N) is 3. The van der Waals surface area contributed by atoms with Gasteiger partial charge in [0.25, 0.3) is 5.91 Å². The molecule has 8 nitrogen and oxygen atoms in total. The van der Waals surface area contributed by atoms with Crippen LogP contribution in [0.4, 0.5) is 11.5 Å². The van der Waals surface area contributed by atoms with Crippen molar-refractivity contribution in [2.75, 3.05) is 18.5 Å². The van der Waals surface area contributed by atoms with Crippen molar-refractivity contribution in [3.63, 3.8) is 0 Å². The van der Waals surface area contributed by atoms with E-state index in [1.807, 2.05) is 73.1 Å². The van der Waals surface area contributed by atoms with E-state index in [2.05, 4.69) is 20.8 Å². The average molecular weight is 485 g/mol. The molecular weight excluding hydrogens is 460 g/mol. The van der Waals surface area contributed by atoms with Gasteiger partial charge in [0.1, 0.15) is 5.75 Å². The molecule has 0 radical (unpaired) electrons. The summed E-state index contributed by atoms with van der Waals surface area (Å²) in [6.45, 7) is 2.61. The van der Waals surface area contributed by atoms with Crippen molar-refractivity contribution in [3.05, 3.63) is 72.4 Å². The van der Waals surface area contributed by atoms with Crippen LogP contribution in [0, 0.1) is 0 Å². The highest BCUT2D eigenvalue weighted by atomic mass is 32.1. The maximum atomic E-state index is 11.9. The molecule has 3 N–H and O–H groups in total. The summed E-state index contributed by atoms with van der Waals surface area (Å²) in [7, 11) is 0. The van der Waals surface area contributed by atoms with Crippen molar-refractivity contribution in [1.29, 1.82) is 0 Å². The number of carbonyl (C=O) groups excluding carboxylic acids is 1. The molecule has 0 saturated carbocycles. The topological polar surface area (TPSA) is 105 Å². The minimum Gasteiger partial charge on any atom is -0.484 e. The van der Waals surface area contributed by atoms with Crippen LogP contribution < -0.4 is 15.4 Å². The second-order valence-electron chi connectivity index (χ2n) is 7.89. The summed E-state index contributed by atoms with van der Waals surface area (Å²) < 4.78 is 6.66. The van der Waals surface area contributed by atoms with Crippen LogP contribution in [0.3, 0.4) is 0 Å². The lowest BCUT2D eigenvalue weighted by molar-refractivity contribution is -0.123. The van der Waals surface area contributed by atoms with Crippen molar-refractivity contribution >= 4 is 39.0 Å². The standard InChI is InChI=1S/C26H24N6O2S/c1-2-11-27-23(33)16-34-21-5-3-4-18(13-21)25-31-22-10-12-35-24(22)26(32-25)30-20-8-6-17(7-9-20)19-14-28-29-15-19/h3-10,12-15H,2,11,16H2,1H3,(H,27,33)(H,28,29)(H,30,31,32). The van der Waals surface area contributed by atoms with Gasteiger partial charge in [0.15, 0.2) is 18.2 Å². The molecule has 5 rings (SSSR count). The second kappa shape index (κ2) is 10.4. The number of carbonyl (C=O) groups is 1. The number of hydrogen-bond donors (Lipinski definition) is 3. The third kappa shape index (κ3) is 5.30. The van der Waals surface area contributed by atoms with E-state index in [1.54, 1.807) is 17.5 Å². The first-order chi connectivity index (χ1) is 17.2. The zero-order valence-electron chi connectivity index (χ0n) is 19.1. The van der Waals surface area contributed by atoms with Crippen LogP contribution in [0.25, 0.3) is 32.7 Å². The molecular formula is C26H24N6O2S. The van der Waals surface area contributed by atoms with Crippen molar-refractivity contribution in [2.45, 2.75) is 13.3 Å². The SMILES string of the molecule is CCCNC(=O)COc1cccc(-c2nc(Nc3ccc(-c4cn[nH]c4)cc3)c3sccc3n2)c1. The Morgan fingerprint density at radius 1 is 1.06 bits per heavy atom. The molecule has 0 fully saturated rings. The Kier molecular flexibility index (Phi) is 6.67. The van der Waals surface area contributed by atoms with Crippen molar-refractivity contribution in [3.8, 4) is 28.3 Å². The molecule has 3 heterocycles. The fraction of sp³-hybridized carbons (Fsp3) is 0.154. The number of amides is 1. The van der Waals surface area contributed by atoms with Crippen LogP contribution in [0.5, 0.6) is 5.75 Å². The van der Waals surface area contributed by atoms with Gasteiger partial charge in [0, 0.05) is 29.6 Å². The van der Waals surface area contributed by atoms with Gasteiger partial charge in [-0.2, -0.15) is 5.10 Å². The third-order valence-electron chi connectivity index (χ3n) is 5.32. The molecule has 0 unspecified atom stereocenters. The highest BCUT2D eigenvalue weighted by molar-refractivity contribution is 7.17. The van der Waals surface area contributed by atoms with Crippen molar-refractivity contribution in [1.82, 2.24) is 25.5 Å². The van der Waals surface area contributed by atoms with Crippen LogP contribution in [0.1, 0.15) is 13.3 Å². The first-order valence-electron chi connectivity index (χ1n) is 11.3. The summed E-state index contributed by atoms with van der Waals surface area (Å²) in [5, 5.41) is 15.1. The number of aromatic nitrogens is 4. The summed E-state index contributed by atoms with van der Waals surface area (Å²) in [5.41, 5.74) is 4.71. The lowest BCUT2D eigenvalue weighted by Gasteiger charge is -2.11. The molecule has 176 valence electrons. The number of H-pyrrole nitrogens is 1. The highest BCUT2D eigenvalue weighted by Crippen LogP contribution is 2.32. The van der Waals surface area contributed by atoms with Gasteiger partial charge >= 0.3 is 0 Å². The summed E-state index contributed by atoms with van der Waals surface area (Å²) in [4.78, 5) is 21.5. The number of anilines is 2. The Bertz CT molecular complexity index is 1430. The fourth-order valence-corrected chi connectivity index (χ4v) is 4.33. The number of aromatic amines is 1. The second-order valence-corrected chi connectivity index (χ2v) is 8.80. The fourth-order valence-electron chi connectivity index (χ4n) is 3.56. The lowest BCUT2D eigenvalue weighted by atomic mass is 10.1. The molecule has 35 heavy (non-hydrogen) atoms. The van der Waals surface area contributed by atoms with Gasteiger partial charge in [-0.3, -0.25) is 9.89 Å². The van der Waals surface area contributed by atoms with Gasteiger partial charge in [0.05, 0.1) is 16.4 Å². The van der Waals surface area contributed by atoms with E-state index in [9.17, 15) is 4.79 Å². The van der Waals surface area contributed by atoms with Gasteiger partial charge in [0.2, 0.25) is 0 Å². The van der Waals surface area contributed by atoms with E-state index in [4.69, 9.17) is 14.7 Å². The summed E-state index contributed by atoms with van der Waals surface area (Å²) in [5.74, 6) is 1.77. The van der Waals surface area contributed by atoms with Gasteiger partial charge in [-0.05, 0) is 47.7 Å². The van der Waals surface area contributed by atoms with Crippen molar-refractivity contribution < 1.29 is 9.53 Å². The first kappa shape index (κ1) is 22.5. The van der Waals surface area contributed by atoms with E-state index < -0.39 is 0 Å². The number of hydrogen-bond acceptors (Lipinski definition) is 7. The zero-order chi connectivity index (χ0) is 24.0. The summed E-state index contributed by atoms with van der Waals surface area (Å²) >= 11 is 1.59. The van der Waals surface area contributed by atoms with E-state index in [0.29, 0.717) is 18.1 Å². The summed E-state index contributed by atoms with van der Waals surface area (Å²) in [6.07, 6.45) is 4.54. The van der Waals surface area contributed by atoms with Crippen LogP contribution in [0.15, 0.2) is 72.4 Å². The van der Waals surface area contributed by atoms with E-state index >= 15 is 0 Å². The first-order valence-corrected chi connectivity index (χ1v) is 12.2. The maximum absolute atomic E-state index is 11.9. The number of thiophene rings is 1. The number of nitrogens with zero attached hydrogens (tertiary/aromatic N) is 3. The van der Waals surface area contributed by atoms with E-state index in [0.717, 1.165) is 44.8 Å². The Hall–Kier alpha value is -4.24. The molecule has 0 bridgehead atoms. The maximum Gasteiger partial charge on any atom is 0.257 e. The Balaban J connectivity index is 1.38. The molecule has 0 aliphatic rings.